The van der Waals surface area contributed by atoms with Crippen molar-refractivity contribution < 1.29 is 8.85 Å². The lowest BCUT2D eigenvalue weighted by Crippen LogP contribution is -2.38. The SMILES string of the molecule is CCO[Si](C)(C/C=C(\C)CCC1=C(C)CCCC1(C)C)OCC. The fourth-order valence-electron chi connectivity index (χ4n) is 3.78. The summed E-state index contributed by atoms with van der Waals surface area (Å²) in [5.74, 6) is 0. The van der Waals surface area contributed by atoms with E-state index in [1.165, 1.54) is 37.7 Å². The Bertz CT molecular complexity index is 429. The van der Waals surface area contributed by atoms with Crippen LogP contribution in [0.15, 0.2) is 22.8 Å². The zero-order valence-corrected chi connectivity index (χ0v) is 17.6. The largest absolute Gasteiger partial charge is 0.394 e. The lowest BCUT2D eigenvalue weighted by molar-refractivity contribution is 0.192. The van der Waals surface area contributed by atoms with Crippen molar-refractivity contribution in [2.24, 2.45) is 5.41 Å². The van der Waals surface area contributed by atoms with Crippen molar-refractivity contribution in [3.8, 4) is 0 Å². The Kier molecular flexibility index (Phi) is 8.26. The first-order valence-electron chi connectivity index (χ1n) is 9.36. The second-order valence-electron chi connectivity index (χ2n) is 7.75. The third-order valence-corrected chi connectivity index (χ3v) is 7.92. The summed E-state index contributed by atoms with van der Waals surface area (Å²) in [6.45, 7) is 17.2. The van der Waals surface area contributed by atoms with E-state index >= 15 is 0 Å². The van der Waals surface area contributed by atoms with Crippen LogP contribution < -0.4 is 0 Å². The predicted octanol–water partition coefficient (Wildman–Crippen LogP) is 6.38. The zero-order chi connectivity index (χ0) is 17.5. The molecule has 0 bridgehead atoms. The van der Waals surface area contributed by atoms with Crippen LogP contribution in [-0.2, 0) is 8.85 Å². The second-order valence-corrected chi connectivity index (χ2v) is 11.0. The van der Waals surface area contributed by atoms with Gasteiger partial charge in [0.15, 0.2) is 0 Å². The number of rotatable bonds is 9. The van der Waals surface area contributed by atoms with Gasteiger partial charge in [0.05, 0.1) is 0 Å². The standard InChI is InChI=1S/C20H38O2Si/c1-8-21-23(7,22-9-2)16-14-17(3)12-13-19-18(4)11-10-15-20(19,5)6/h14H,8-13,15-16H2,1-7H3/b17-14+. The molecule has 0 spiro atoms. The molecule has 2 nitrogen and oxygen atoms in total. The first-order valence-corrected chi connectivity index (χ1v) is 11.9. The Morgan fingerprint density at radius 1 is 1.22 bits per heavy atom. The van der Waals surface area contributed by atoms with E-state index in [0.717, 1.165) is 19.3 Å². The molecule has 3 heteroatoms. The van der Waals surface area contributed by atoms with Gasteiger partial charge in [0.2, 0.25) is 0 Å². The van der Waals surface area contributed by atoms with E-state index in [4.69, 9.17) is 8.85 Å². The van der Waals surface area contributed by atoms with E-state index in [1.54, 1.807) is 11.1 Å². The van der Waals surface area contributed by atoms with Gasteiger partial charge in [-0.2, -0.15) is 0 Å². The number of hydrogen-bond acceptors (Lipinski definition) is 2. The quantitative estimate of drug-likeness (QED) is 0.358. The highest BCUT2D eigenvalue weighted by molar-refractivity contribution is 6.66. The molecule has 134 valence electrons. The van der Waals surface area contributed by atoms with Crippen molar-refractivity contribution in [2.45, 2.75) is 86.2 Å². The van der Waals surface area contributed by atoms with Gasteiger partial charge in [-0.05, 0) is 71.8 Å². The van der Waals surface area contributed by atoms with Crippen LogP contribution in [0.4, 0.5) is 0 Å². The van der Waals surface area contributed by atoms with Crippen LogP contribution in [0.3, 0.4) is 0 Å². The van der Waals surface area contributed by atoms with Crippen LogP contribution >= 0.6 is 0 Å². The monoisotopic (exact) mass is 338 g/mol. The van der Waals surface area contributed by atoms with Crippen LogP contribution in [0.2, 0.25) is 12.6 Å². The minimum absolute atomic E-state index is 0.391. The molecular weight excluding hydrogens is 300 g/mol. The first kappa shape index (κ1) is 20.7. The van der Waals surface area contributed by atoms with E-state index in [2.05, 4.69) is 54.2 Å². The highest BCUT2D eigenvalue weighted by Gasteiger charge is 2.30. The van der Waals surface area contributed by atoms with Gasteiger partial charge in [0.1, 0.15) is 0 Å². The smallest absolute Gasteiger partial charge is 0.338 e. The fraction of sp³-hybridized carbons (Fsp3) is 0.800. The summed E-state index contributed by atoms with van der Waals surface area (Å²) < 4.78 is 11.9. The molecular formula is C20H38O2Si. The van der Waals surface area contributed by atoms with Gasteiger partial charge in [0.25, 0.3) is 0 Å². The van der Waals surface area contributed by atoms with Crippen molar-refractivity contribution in [1.29, 1.82) is 0 Å². The van der Waals surface area contributed by atoms with Crippen molar-refractivity contribution in [3.05, 3.63) is 22.8 Å². The van der Waals surface area contributed by atoms with Crippen molar-refractivity contribution in [3.63, 3.8) is 0 Å². The zero-order valence-electron chi connectivity index (χ0n) is 16.6. The normalized spacial score (nSPS) is 19.3. The van der Waals surface area contributed by atoms with Gasteiger partial charge in [-0.25, -0.2) is 0 Å². The average molecular weight is 339 g/mol. The average Bonchev–Trinajstić information content (AvgIpc) is 2.44. The van der Waals surface area contributed by atoms with E-state index < -0.39 is 8.56 Å². The van der Waals surface area contributed by atoms with Crippen LogP contribution in [0, 0.1) is 5.41 Å². The lowest BCUT2D eigenvalue weighted by atomic mass is 9.71. The molecule has 1 rings (SSSR count). The van der Waals surface area contributed by atoms with E-state index in [-0.39, 0.29) is 0 Å². The van der Waals surface area contributed by atoms with Crippen LogP contribution in [-0.4, -0.2) is 21.8 Å². The molecule has 0 heterocycles. The molecule has 0 amide bonds. The van der Waals surface area contributed by atoms with Crippen LogP contribution in [0.25, 0.3) is 0 Å². The first-order chi connectivity index (χ1) is 10.7. The number of hydrogen-bond donors (Lipinski definition) is 0. The van der Waals surface area contributed by atoms with Crippen LogP contribution in [0.1, 0.15) is 73.6 Å². The molecule has 23 heavy (non-hydrogen) atoms. The second kappa shape index (κ2) is 9.19. The summed E-state index contributed by atoms with van der Waals surface area (Å²) in [5.41, 5.74) is 5.20. The summed E-state index contributed by atoms with van der Waals surface area (Å²) in [4.78, 5) is 0. The minimum Gasteiger partial charge on any atom is -0.394 e. The minimum atomic E-state index is -2.01. The molecule has 0 unspecified atom stereocenters. The molecule has 0 saturated heterocycles. The maximum absolute atomic E-state index is 5.93. The van der Waals surface area contributed by atoms with Crippen molar-refractivity contribution >= 4 is 8.56 Å². The molecule has 0 saturated carbocycles. The fourth-order valence-corrected chi connectivity index (χ4v) is 6.04. The maximum atomic E-state index is 5.93. The molecule has 1 aliphatic carbocycles. The summed E-state index contributed by atoms with van der Waals surface area (Å²) in [5, 5.41) is 0. The lowest BCUT2D eigenvalue weighted by Gasteiger charge is -2.35. The van der Waals surface area contributed by atoms with Gasteiger partial charge in [-0.15, -0.1) is 0 Å². The van der Waals surface area contributed by atoms with Gasteiger partial charge >= 0.3 is 8.56 Å². The summed E-state index contributed by atoms with van der Waals surface area (Å²) >= 11 is 0. The van der Waals surface area contributed by atoms with Gasteiger partial charge in [-0.1, -0.05) is 36.6 Å². The van der Waals surface area contributed by atoms with Crippen molar-refractivity contribution in [1.82, 2.24) is 0 Å². The molecule has 1 aliphatic rings. The Morgan fingerprint density at radius 3 is 2.35 bits per heavy atom. The molecule has 0 radical (unpaired) electrons. The Balaban J connectivity index is 2.63. The Hall–Kier alpha value is -0.383. The molecule has 0 aromatic carbocycles. The highest BCUT2D eigenvalue weighted by Crippen LogP contribution is 2.42. The Labute approximate surface area is 145 Å². The van der Waals surface area contributed by atoms with Crippen LogP contribution in [0.5, 0.6) is 0 Å². The van der Waals surface area contributed by atoms with Gasteiger partial charge in [-0.3, -0.25) is 0 Å². The summed E-state index contributed by atoms with van der Waals surface area (Å²) in [6, 6.07) is 0.960. The molecule has 0 fully saturated rings. The summed E-state index contributed by atoms with van der Waals surface area (Å²) in [6.07, 6.45) is 8.72. The third kappa shape index (κ3) is 6.56. The third-order valence-electron chi connectivity index (χ3n) is 5.18. The van der Waals surface area contributed by atoms with E-state index in [0.29, 0.717) is 5.41 Å². The topological polar surface area (TPSA) is 18.5 Å². The maximum Gasteiger partial charge on any atom is 0.338 e. The molecule has 0 atom stereocenters. The summed E-state index contributed by atoms with van der Waals surface area (Å²) in [7, 11) is -2.01. The Morgan fingerprint density at radius 2 is 1.83 bits per heavy atom. The molecule has 0 aromatic heterocycles. The van der Waals surface area contributed by atoms with E-state index in [1.807, 2.05) is 0 Å². The number of allylic oxidation sites excluding steroid dienone is 4. The van der Waals surface area contributed by atoms with Gasteiger partial charge in [0, 0.05) is 19.3 Å². The molecule has 0 N–H and O–H groups in total. The van der Waals surface area contributed by atoms with E-state index in [9.17, 15) is 0 Å². The predicted molar refractivity (Wildman–Crippen MR) is 103 cm³/mol. The highest BCUT2D eigenvalue weighted by atomic mass is 28.4. The molecule has 0 aromatic rings. The molecule has 0 aliphatic heterocycles. The van der Waals surface area contributed by atoms with Crippen molar-refractivity contribution in [2.75, 3.05) is 13.2 Å². The van der Waals surface area contributed by atoms with Gasteiger partial charge < -0.3 is 8.85 Å².